The minimum Gasteiger partial charge on any atom is -0.475 e. The summed E-state index contributed by atoms with van der Waals surface area (Å²) < 4.78 is 31.7. The van der Waals surface area contributed by atoms with Gasteiger partial charge >= 0.3 is 34.9 Å². The van der Waals surface area contributed by atoms with Crippen LogP contribution in [-0.4, -0.2) is 36.9 Å². The number of anilines is 2. The summed E-state index contributed by atoms with van der Waals surface area (Å²) in [5.74, 6) is 2.95. The summed E-state index contributed by atoms with van der Waals surface area (Å²) in [4.78, 5) is 49.2. The molecule has 0 amide bonds. The molecule has 0 saturated carbocycles. The Morgan fingerprint density at radius 2 is 1.09 bits per heavy atom. The van der Waals surface area contributed by atoms with E-state index in [9.17, 15) is 53.6 Å². The van der Waals surface area contributed by atoms with Gasteiger partial charge in [-0.05, 0) is 12.1 Å². The van der Waals surface area contributed by atoms with Gasteiger partial charge < -0.3 is 5.11 Å². The molecule has 0 aliphatic carbocycles. The van der Waals surface area contributed by atoms with E-state index in [1.807, 2.05) is 0 Å². The second kappa shape index (κ2) is 9.91. The highest BCUT2D eigenvalue weighted by Crippen LogP contribution is 2.43. The molecule has 0 spiro atoms. The van der Waals surface area contributed by atoms with E-state index in [0.717, 1.165) is 36.4 Å². The van der Waals surface area contributed by atoms with Crippen molar-refractivity contribution < 1.29 is 42.8 Å². The van der Waals surface area contributed by atoms with Gasteiger partial charge in [-0.15, -0.1) is 0 Å². The van der Waals surface area contributed by atoms with Gasteiger partial charge in [-0.2, -0.15) is 13.2 Å². The molecule has 0 heterocycles. The lowest BCUT2D eigenvalue weighted by molar-refractivity contribution is -0.422. The summed E-state index contributed by atoms with van der Waals surface area (Å²) in [6.45, 7) is 0. The van der Waals surface area contributed by atoms with Crippen LogP contribution in [0.1, 0.15) is 0 Å². The van der Waals surface area contributed by atoms with Crippen LogP contribution in [0.3, 0.4) is 0 Å². The lowest BCUT2D eigenvalue weighted by Gasteiger charge is -2.18. The molecule has 0 saturated heterocycles. The number of hydrogen-bond donors (Lipinski definition) is 2. The van der Waals surface area contributed by atoms with E-state index in [-0.39, 0.29) is 0 Å². The SMILES string of the molecule is NN(c1cccc([N+](=O)[O-])c1[N+](=O)[O-])c1cccc([N+](=O)[O-])c1[N+](=O)[O-].O=C(O)C(F)(F)F. The Morgan fingerprint density at radius 3 is 1.30 bits per heavy atom. The number of hydrogen-bond acceptors (Lipinski definition) is 11. The summed E-state index contributed by atoms with van der Waals surface area (Å²) in [5.41, 5.74) is -4.91. The van der Waals surface area contributed by atoms with Crippen LogP contribution in [0.5, 0.6) is 0 Å². The number of halogens is 3. The Morgan fingerprint density at radius 1 is 0.788 bits per heavy atom. The number of nitro benzene ring substituents is 4. The largest absolute Gasteiger partial charge is 0.490 e. The van der Waals surface area contributed by atoms with Crippen molar-refractivity contribution in [2.24, 2.45) is 5.84 Å². The number of aliphatic carboxylic acids is 1. The number of para-hydroxylation sites is 2. The normalized spacial score (nSPS) is 10.4. The number of nitro groups is 4. The van der Waals surface area contributed by atoms with Crippen LogP contribution >= 0.6 is 0 Å². The second-order valence-electron chi connectivity index (χ2n) is 5.49. The summed E-state index contributed by atoms with van der Waals surface area (Å²) in [7, 11) is 0. The predicted octanol–water partition coefficient (Wildman–Crippen LogP) is 2.96. The number of nitrogens with zero attached hydrogens (tertiary/aromatic N) is 5. The third kappa shape index (κ3) is 6.04. The lowest BCUT2D eigenvalue weighted by atomic mass is 10.2. The maximum Gasteiger partial charge on any atom is 0.490 e. The topological polar surface area (TPSA) is 239 Å². The van der Waals surface area contributed by atoms with Gasteiger partial charge in [0.25, 0.3) is 0 Å². The van der Waals surface area contributed by atoms with Crippen LogP contribution in [0.2, 0.25) is 0 Å². The van der Waals surface area contributed by atoms with Crippen molar-refractivity contribution in [3.63, 3.8) is 0 Å². The smallest absolute Gasteiger partial charge is 0.475 e. The fraction of sp³-hybridized carbons (Fsp3) is 0.0714. The highest BCUT2D eigenvalue weighted by atomic mass is 19.4. The van der Waals surface area contributed by atoms with Gasteiger partial charge in [0, 0.05) is 12.1 Å². The van der Waals surface area contributed by atoms with Crippen LogP contribution < -0.4 is 10.9 Å². The van der Waals surface area contributed by atoms with E-state index in [2.05, 4.69) is 0 Å². The third-order valence-electron chi connectivity index (χ3n) is 3.51. The monoisotopic (exact) mass is 478 g/mol. The number of carboxylic acids is 1. The summed E-state index contributed by atoms with van der Waals surface area (Å²) in [6, 6.07) is 5.93. The molecule has 0 bridgehead atoms. The molecule has 2 rings (SSSR count). The molecule has 3 N–H and O–H groups in total. The van der Waals surface area contributed by atoms with E-state index in [1.54, 1.807) is 0 Å². The molecule has 19 heteroatoms. The Labute approximate surface area is 177 Å². The van der Waals surface area contributed by atoms with E-state index >= 15 is 0 Å². The van der Waals surface area contributed by atoms with Crippen molar-refractivity contribution in [1.82, 2.24) is 0 Å². The van der Waals surface area contributed by atoms with Crippen molar-refractivity contribution in [3.05, 3.63) is 76.9 Å². The molecular weight excluding hydrogens is 469 g/mol. The molecule has 0 fully saturated rings. The molecule has 33 heavy (non-hydrogen) atoms. The Hall–Kier alpha value is -4.94. The quantitative estimate of drug-likeness (QED) is 0.346. The molecule has 16 nitrogen and oxygen atoms in total. The van der Waals surface area contributed by atoms with E-state index in [1.165, 1.54) is 0 Å². The van der Waals surface area contributed by atoms with Gasteiger partial charge in [-0.25, -0.2) is 10.6 Å². The van der Waals surface area contributed by atoms with Crippen LogP contribution in [0.25, 0.3) is 0 Å². The lowest BCUT2D eigenvalue weighted by Crippen LogP contribution is -2.27. The number of carboxylic acid groups (broad SMARTS) is 1. The van der Waals surface area contributed by atoms with Crippen molar-refractivity contribution in [3.8, 4) is 0 Å². The molecule has 2 aromatic carbocycles. The van der Waals surface area contributed by atoms with Gasteiger partial charge in [0.1, 0.15) is 11.4 Å². The molecule has 0 aromatic heterocycles. The molecule has 0 aliphatic rings. The fourth-order valence-electron chi connectivity index (χ4n) is 2.23. The van der Waals surface area contributed by atoms with Crippen molar-refractivity contribution in [2.45, 2.75) is 6.18 Å². The van der Waals surface area contributed by atoms with Gasteiger partial charge in [-0.1, -0.05) is 12.1 Å². The van der Waals surface area contributed by atoms with Crippen LogP contribution in [-0.2, 0) is 4.79 Å². The van der Waals surface area contributed by atoms with Crippen molar-refractivity contribution >= 4 is 40.1 Å². The van der Waals surface area contributed by atoms with Crippen molar-refractivity contribution in [2.75, 3.05) is 5.01 Å². The van der Waals surface area contributed by atoms with E-state index in [4.69, 9.17) is 15.7 Å². The highest BCUT2D eigenvalue weighted by Gasteiger charge is 2.38. The average molecular weight is 478 g/mol. The maximum absolute atomic E-state index is 11.3. The second-order valence-corrected chi connectivity index (χ2v) is 5.49. The Bertz CT molecular complexity index is 1060. The minimum absolute atomic E-state index is 0.427. The zero-order valence-electron chi connectivity index (χ0n) is 15.5. The molecular formula is C14H9F3N6O10. The first kappa shape index (κ1) is 26.1. The van der Waals surface area contributed by atoms with Crippen LogP contribution in [0.15, 0.2) is 36.4 Å². The first-order valence-electron chi connectivity index (χ1n) is 7.79. The minimum atomic E-state index is -5.08. The van der Waals surface area contributed by atoms with Gasteiger partial charge in [0.05, 0.1) is 19.7 Å². The first-order chi connectivity index (χ1) is 15.1. The van der Waals surface area contributed by atoms with E-state index in [0.29, 0.717) is 5.01 Å². The maximum atomic E-state index is 11.3. The standard InChI is InChI=1S/C12H8N6O8.C2HF3O2/c13-14(7-3-1-5-9(15(19)20)11(7)17(23)24)8-4-2-6-10(16(21)22)12(8)18(25)26;3-2(4,5)1(6)7/h1-6H,13H2;(H,6,7). The number of rotatable bonds is 6. The fourth-order valence-corrected chi connectivity index (χ4v) is 2.23. The number of hydrazine groups is 1. The Balaban J connectivity index is 0.000000675. The van der Waals surface area contributed by atoms with Crippen LogP contribution in [0.4, 0.5) is 47.3 Å². The van der Waals surface area contributed by atoms with E-state index < -0.39 is 66.0 Å². The molecule has 0 aliphatic heterocycles. The van der Waals surface area contributed by atoms with Gasteiger partial charge in [-0.3, -0.25) is 45.5 Å². The Kier molecular flexibility index (Phi) is 7.84. The highest BCUT2D eigenvalue weighted by molar-refractivity contribution is 5.83. The van der Waals surface area contributed by atoms with Crippen molar-refractivity contribution in [1.29, 1.82) is 0 Å². The molecule has 0 radical (unpaired) electrons. The van der Waals surface area contributed by atoms with Gasteiger partial charge in [0.15, 0.2) is 0 Å². The first-order valence-corrected chi connectivity index (χ1v) is 7.79. The third-order valence-corrected chi connectivity index (χ3v) is 3.51. The number of carbonyl (C=O) groups is 1. The number of alkyl halides is 3. The summed E-state index contributed by atoms with van der Waals surface area (Å²) >= 11 is 0. The molecule has 2 aromatic rings. The predicted molar refractivity (Wildman–Crippen MR) is 99.5 cm³/mol. The molecule has 0 unspecified atom stereocenters. The molecule has 0 atom stereocenters. The van der Waals surface area contributed by atoms with Gasteiger partial charge in [0.2, 0.25) is 0 Å². The van der Waals surface area contributed by atoms with Crippen LogP contribution in [0, 0.1) is 40.5 Å². The zero-order valence-corrected chi connectivity index (χ0v) is 15.5. The number of benzene rings is 2. The average Bonchev–Trinajstić information content (AvgIpc) is 2.71. The summed E-state index contributed by atoms with van der Waals surface area (Å²) in [6.07, 6.45) is -5.08. The molecule has 176 valence electrons. The summed E-state index contributed by atoms with van der Waals surface area (Å²) in [5, 5.41) is 52.1. The zero-order chi connectivity index (χ0) is 25.7. The number of nitrogens with two attached hydrogens (primary N) is 1.